The van der Waals surface area contributed by atoms with Gasteiger partial charge in [0.2, 0.25) is 5.75 Å². The molecule has 0 bridgehead atoms. The van der Waals surface area contributed by atoms with Crippen molar-refractivity contribution in [2.75, 3.05) is 26.8 Å². The second kappa shape index (κ2) is 10.8. The van der Waals surface area contributed by atoms with Crippen LogP contribution in [0.2, 0.25) is 0 Å². The number of ether oxygens (including phenoxy) is 3. The molecule has 2 aromatic heterocycles. The monoisotopic (exact) mass is 462 g/mol. The zero-order valence-electron chi connectivity index (χ0n) is 20.0. The van der Waals surface area contributed by atoms with Crippen molar-refractivity contribution in [1.82, 2.24) is 19.7 Å². The highest BCUT2D eigenvalue weighted by Gasteiger charge is 2.15. The number of para-hydroxylation sites is 1. The Labute approximate surface area is 198 Å². The molecule has 0 aliphatic carbocycles. The highest BCUT2D eigenvalue weighted by Crippen LogP contribution is 2.37. The van der Waals surface area contributed by atoms with E-state index in [0.29, 0.717) is 23.2 Å². The number of hydrogen-bond donors (Lipinski definition) is 1. The standard InChI is InChI=1S/C25H30N6O3/c1-5-6-7-10-13-31-19-12-9-8-11-18(19)22-24(31)27-25(30-28-22)29-26-16-17-14-20(32-2)23(34-4)21(15-17)33-3/h8-9,11-12,14-16H,5-7,10,13H2,1-4H3,(H,27,29,30)/b26-16+. The van der Waals surface area contributed by atoms with Gasteiger partial charge in [-0.05, 0) is 24.6 Å². The molecule has 0 aliphatic heterocycles. The van der Waals surface area contributed by atoms with Crippen LogP contribution < -0.4 is 19.6 Å². The molecule has 0 unspecified atom stereocenters. The first-order chi connectivity index (χ1) is 16.7. The number of aryl methyl sites for hydroxylation is 1. The molecule has 34 heavy (non-hydrogen) atoms. The van der Waals surface area contributed by atoms with Crippen molar-refractivity contribution in [2.45, 2.75) is 39.2 Å². The minimum absolute atomic E-state index is 0.328. The number of hydrazone groups is 1. The van der Waals surface area contributed by atoms with Crippen LogP contribution in [-0.2, 0) is 6.54 Å². The number of nitrogens with zero attached hydrogens (tertiary/aromatic N) is 5. The molecule has 178 valence electrons. The summed E-state index contributed by atoms with van der Waals surface area (Å²) in [5.41, 5.74) is 6.38. The Morgan fingerprint density at radius 1 is 0.971 bits per heavy atom. The van der Waals surface area contributed by atoms with Crippen LogP contribution in [-0.4, -0.2) is 47.3 Å². The van der Waals surface area contributed by atoms with Gasteiger partial charge in [-0.3, -0.25) is 0 Å². The van der Waals surface area contributed by atoms with E-state index >= 15 is 0 Å². The van der Waals surface area contributed by atoms with Crippen LogP contribution in [0.15, 0.2) is 41.5 Å². The van der Waals surface area contributed by atoms with Crippen LogP contribution in [0.25, 0.3) is 22.1 Å². The first-order valence-corrected chi connectivity index (χ1v) is 11.4. The topological polar surface area (TPSA) is 95.7 Å². The molecule has 0 fully saturated rings. The van der Waals surface area contributed by atoms with Gasteiger partial charge in [0.25, 0.3) is 5.95 Å². The number of aromatic nitrogens is 4. The molecule has 0 saturated heterocycles. The van der Waals surface area contributed by atoms with E-state index in [1.807, 2.05) is 24.3 Å². The highest BCUT2D eigenvalue weighted by molar-refractivity contribution is 6.04. The van der Waals surface area contributed by atoms with Crippen molar-refractivity contribution < 1.29 is 14.2 Å². The molecular formula is C25H30N6O3. The molecule has 0 radical (unpaired) electrons. The van der Waals surface area contributed by atoms with E-state index in [9.17, 15) is 0 Å². The zero-order chi connectivity index (χ0) is 23.9. The third kappa shape index (κ3) is 4.73. The first-order valence-electron chi connectivity index (χ1n) is 11.4. The molecule has 9 nitrogen and oxygen atoms in total. The van der Waals surface area contributed by atoms with Crippen LogP contribution in [0.5, 0.6) is 17.2 Å². The molecule has 2 heterocycles. The molecule has 1 N–H and O–H groups in total. The predicted octanol–water partition coefficient (Wildman–Crippen LogP) is 5.03. The molecule has 4 rings (SSSR count). The molecule has 2 aromatic carbocycles. The lowest BCUT2D eigenvalue weighted by molar-refractivity contribution is 0.324. The summed E-state index contributed by atoms with van der Waals surface area (Å²) < 4.78 is 18.4. The Balaban J connectivity index is 1.61. The fraction of sp³-hybridized carbons (Fsp3) is 0.360. The van der Waals surface area contributed by atoms with Crippen LogP contribution in [0.3, 0.4) is 0 Å². The van der Waals surface area contributed by atoms with Gasteiger partial charge in [-0.25, -0.2) is 5.43 Å². The summed E-state index contributed by atoms with van der Waals surface area (Å²) in [4.78, 5) is 4.73. The Bertz CT molecular complexity index is 1280. The largest absolute Gasteiger partial charge is 0.493 e. The number of benzene rings is 2. The van der Waals surface area contributed by atoms with Crippen molar-refractivity contribution in [3.63, 3.8) is 0 Å². The SMILES string of the molecule is CCCCCCn1c2ccccc2c2nnc(N/N=C/c3cc(OC)c(OC)c(OC)c3)nc21. The van der Waals surface area contributed by atoms with Crippen molar-refractivity contribution in [1.29, 1.82) is 0 Å². The second-order valence-electron chi connectivity index (χ2n) is 7.87. The second-order valence-corrected chi connectivity index (χ2v) is 7.87. The number of unbranched alkanes of at least 4 members (excludes halogenated alkanes) is 3. The Morgan fingerprint density at radius 2 is 1.74 bits per heavy atom. The van der Waals surface area contributed by atoms with E-state index in [0.717, 1.165) is 40.6 Å². The number of nitrogens with one attached hydrogen (secondary N) is 1. The minimum atomic E-state index is 0.328. The molecule has 0 atom stereocenters. The van der Waals surface area contributed by atoms with Crippen LogP contribution in [0.4, 0.5) is 5.95 Å². The van der Waals surface area contributed by atoms with Gasteiger partial charge in [-0.15, -0.1) is 10.2 Å². The fourth-order valence-corrected chi connectivity index (χ4v) is 4.01. The Hall–Kier alpha value is -3.88. The molecule has 0 spiro atoms. The highest BCUT2D eigenvalue weighted by atomic mass is 16.5. The van der Waals surface area contributed by atoms with E-state index in [4.69, 9.17) is 19.2 Å². The summed E-state index contributed by atoms with van der Waals surface area (Å²) in [5.74, 6) is 1.96. The Kier molecular flexibility index (Phi) is 7.41. The van der Waals surface area contributed by atoms with Gasteiger partial charge in [0.05, 0.1) is 33.1 Å². The summed E-state index contributed by atoms with van der Waals surface area (Å²) in [6.45, 7) is 3.10. The van der Waals surface area contributed by atoms with E-state index in [1.54, 1.807) is 27.5 Å². The summed E-state index contributed by atoms with van der Waals surface area (Å²) >= 11 is 0. The van der Waals surface area contributed by atoms with Gasteiger partial charge in [0.15, 0.2) is 17.1 Å². The maximum Gasteiger partial charge on any atom is 0.265 e. The summed E-state index contributed by atoms with van der Waals surface area (Å²) in [6.07, 6.45) is 6.35. The number of rotatable bonds is 11. The lowest BCUT2D eigenvalue weighted by Gasteiger charge is -2.12. The van der Waals surface area contributed by atoms with Crippen molar-refractivity contribution in [3.05, 3.63) is 42.0 Å². The van der Waals surface area contributed by atoms with Gasteiger partial charge in [0, 0.05) is 17.5 Å². The summed E-state index contributed by atoms with van der Waals surface area (Å²) in [7, 11) is 4.72. The van der Waals surface area contributed by atoms with Gasteiger partial charge in [-0.1, -0.05) is 44.4 Å². The number of anilines is 1. The van der Waals surface area contributed by atoms with Gasteiger partial charge >= 0.3 is 0 Å². The summed E-state index contributed by atoms with van der Waals surface area (Å²) in [6, 6.07) is 11.8. The van der Waals surface area contributed by atoms with E-state index < -0.39 is 0 Å². The van der Waals surface area contributed by atoms with Gasteiger partial charge in [0.1, 0.15) is 5.52 Å². The maximum absolute atomic E-state index is 5.40. The zero-order valence-corrected chi connectivity index (χ0v) is 20.0. The van der Waals surface area contributed by atoms with Gasteiger partial charge in [-0.2, -0.15) is 10.1 Å². The summed E-state index contributed by atoms with van der Waals surface area (Å²) in [5, 5.41) is 14.0. The van der Waals surface area contributed by atoms with Crippen LogP contribution in [0, 0.1) is 0 Å². The smallest absolute Gasteiger partial charge is 0.265 e. The maximum atomic E-state index is 5.40. The van der Waals surface area contributed by atoms with E-state index in [-0.39, 0.29) is 0 Å². The normalized spacial score (nSPS) is 11.4. The quantitative estimate of drug-likeness (QED) is 0.190. The fourth-order valence-electron chi connectivity index (χ4n) is 4.01. The predicted molar refractivity (Wildman–Crippen MR) is 134 cm³/mol. The minimum Gasteiger partial charge on any atom is -0.493 e. The number of hydrogen-bond acceptors (Lipinski definition) is 8. The third-order valence-electron chi connectivity index (χ3n) is 5.67. The average Bonchev–Trinajstić information content (AvgIpc) is 3.18. The molecule has 0 saturated carbocycles. The molecule has 0 amide bonds. The van der Waals surface area contributed by atoms with Crippen molar-refractivity contribution in [2.24, 2.45) is 5.10 Å². The molecular weight excluding hydrogens is 432 g/mol. The molecule has 4 aromatic rings. The average molecular weight is 463 g/mol. The van der Waals surface area contributed by atoms with Crippen LogP contribution in [0.1, 0.15) is 38.2 Å². The first kappa shape index (κ1) is 23.3. The van der Waals surface area contributed by atoms with Gasteiger partial charge < -0.3 is 18.8 Å². The van der Waals surface area contributed by atoms with Crippen molar-refractivity contribution in [3.8, 4) is 17.2 Å². The number of fused-ring (bicyclic) bond motifs is 3. The molecule has 0 aliphatic rings. The molecule has 9 heteroatoms. The van der Waals surface area contributed by atoms with Crippen LogP contribution >= 0.6 is 0 Å². The lowest BCUT2D eigenvalue weighted by Crippen LogP contribution is -2.03. The lowest BCUT2D eigenvalue weighted by atomic mass is 10.2. The third-order valence-corrected chi connectivity index (χ3v) is 5.67. The van der Waals surface area contributed by atoms with E-state index in [2.05, 4.69) is 44.3 Å². The Morgan fingerprint density at radius 3 is 2.44 bits per heavy atom. The number of methoxy groups -OCH3 is 3. The van der Waals surface area contributed by atoms with Crippen molar-refractivity contribution >= 4 is 34.2 Å². The van der Waals surface area contributed by atoms with E-state index in [1.165, 1.54) is 19.3 Å².